The molecule has 640 valence electrons. The number of anilines is 3. The van der Waals surface area contributed by atoms with Crippen molar-refractivity contribution in [2.75, 3.05) is 24.5 Å². The van der Waals surface area contributed by atoms with E-state index in [1.54, 1.807) is 6.92 Å². The zero-order valence-electron chi connectivity index (χ0n) is 68.1. The second kappa shape index (κ2) is 51.1. The number of hydrazine groups is 1. The monoisotopic (exact) mass is 2060 g/mol. The second-order valence-corrected chi connectivity index (χ2v) is 32.5. The molecule has 0 radical (unpaired) electrons. The van der Waals surface area contributed by atoms with Crippen molar-refractivity contribution < 1.29 is 18.6 Å². The van der Waals surface area contributed by atoms with Crippen molar-refractivity contribution in [2.24, 2.45) is 5.84 Å². The van der Waals surface area contributed by atoms with Gasteiger partial charge >= 0.3 is 0 Å². The molecule has 0 amide bonds. The molecule has 0 spiro atoms. The summed E-state index contributed by atoms with van der Waals surface area (Å²) in [6.07, 6.45) is 5.02. The zero-order chi connectivity index (χ0) is 84.1. The van der Waals surface area contributed by atoms with Gasteiger partial charge in [-0.05, 0) is 232 Å². The number of aryl methyl sites for hydroxylation is 3. The Morgan fingerprint density at radius 3 is 1.37 bits per heavy atom. The van der Waals surface area contributed by atoms with E-state index in [-0.39, 0.29) is 68.6 Å². The number of nitrogen functional groups attached to an aromatic ring is 1. The lowest BCUT2D eigenvalue weighted by molar-refractivity contribution is 0.0972. The molecule has 3 aromatic heterocycles. The van der Waals surface area contributed by atoms with Gasteiger partial charge in [-0.3, -0.25) is 15.0 Å². The van der Waals surface area contributed by atoms with Gasteiger partial charge in [0.25, 0.3) is 0 Å². The fourth-order valence-electron chi connectivity index (χ4n) is 14.7. The van der Waals surface area contributed by atoms with Gasteiger partial charge in [-0.2, -0.15) is 0 Å². The molecule has 0 fully saturated rings. The Morgan fingerprint density at radius 1 is 0.435 bits per heavy atom. The number of hydrogen-bond donors (Lipinski definition) is 6. The highest BCUT2D eigenvalue weighted by Gasteiger charge is 2.22. The summed E-state index contributed by atoms with van der Waals surface area (Å²) in [5.74, 6) is 5.39. The Balaban J connectivity index is 0.000000264. The van der Waals surface area contributed by atoms with Crippen LogP contribution in [0.5, 0.6) is 0 Å². The average molecular weight is 2060 g/mol. The topological polar surface area (TPSA) is 124 Å². The first kappa shape index (κ1) is 99.0. The summed E-state index contributed by atoms with van der Waals surface area (Å²) in [4.78, 5) is 18.5. The molecule has 2 aliphatic carbocycles. The summed E-state index contributed by atoms with van der Waals surface area (Å²) in [6.45, 7) is 1.93. The molecule has 7 N–H and O–H groups in total. The Labute approximate surface area is 795 Å². The maximum atomic E-state index is 11.4. The van der Waals surface area contributed by atoms with E-state index in [1.165, 1.54) is 140 Å². The normalized spacial score (nSPS) is 10.9. The number of carbonyl (C=O) groups is 1. The number of H-pyrrole nitrogens is 2. The van der Waals surface area contributed by atoms with E-state index in [0.717, 1.165) is 61.7 Å². The Bertz CT molecular complexity index is 6440. The first-order valence-electron chi connectivity index (χ1n) is 40.2. The van der Waals surface area contributed by atoms with Crippen LogP contribution in [0.3, 0.4) is 0 Å². The maximum absolute atomic E-state index is 11.4. The summed E-state index contributed by atoms with van der Waals surface area (Å²) in [7, 11) is -1.00. The number of ketones is 1. The van der Waals surface area contributed by atoms with E-state index in [2.05, 4.69) is 403 Å². The number of fused-ring (bicyclic) bond motifs is 16. The van der Waals surface area contributed by atoms with Crippen LogP contribution in [-0.4, -0.2) is 39.2 Å². The largest absolute Gasteiger partial charge is 0.397 e. The molecular weight excluding hydrogens is 1950 g/mol. The summed E-state index contributed by atoms with van der Waals surface area (Å²) >= 11 is 16.3. The quantitative estimate of drug-likeness (QED) is 0.0562. The van der Waals surface area contributed by atoms with E-state index in [1.807, 2.05) is 78.9 Å². The number of hydrogen-bond acceptors (Lipinski definition) is 5. The number of nitrogens with zero attached hydrogens (tertiary/aromatic N) is 1. The van der Waals surface area contributed by atoms with E-state index in [0.29, 0.717) is 12.2 Å². The van der Waals surface area contributed by atoms with Crippen LogP contribution >= 0.6 is 111 Å². The fraction of sp³-hybridized carbons (Fsp3) is 0.120. The Kier molecular flexibility index (Phi) is 40.8. The van der Waals surface area contributed by atoms with Gasteiger partial charge in [0.2, 0.25) is 0 Å². The summed E-state index contributed by atoms with van der Waals surface area (Å²) in [5, 5.41) is 22.6. The van der Waals surface area contributed by atoms with Crippen LogP contribution in [0.2, 0.25) is 0 Å². The average Bonchev–Trinajstić information content (AvgIpc) is 1.61. The van der Waals surface area contributed by atoms with Gasteiger partial charge in [0.1, 0.15) is 0 Å². The lowest BCUT2D eigenvalue weighted by atomic mass is 9.89. The Hall–Kier alpha value is -10.5. The molecule has 0 saturated carbocycles. The number of halogens is 8. The van der Waals surface area contributed by atoms with Crippen molar-refractivity contribution in [1.82, 2.24) is 14.5 Å². The molecule has 0 saturated heterocycles. The molecule has 2 aliphatic rings. The number of aliphatic hydroxyl groups is 1. The van der Waals surface area contributed by atoms with E-state index in [9.17, 15) is 9.18 Å². The molecule has 0 bridgehead atoms. The van der Waals surface area contributed by atoms with Gasteiger partial charge in [-0.1, -0.05) is 344 Å². The minimum absolute atomic E-state index is 0. The summed E-state index contributed by atoms with van der Waals surface area (Å²) < 4.78 is 33.6. The predicted molar refractivity (Wildman–Crippen MR) is 568 cm³/mol. The van der Waals surface area contributed by atoms with Crippen LogP contribution in [0.1, 0.15) is 88.3 Å². The van der Waals surface area contributed by atoms with Crippen LogP contribution in [0, 0.1) is 3.57 Å². The zero-order valence-corrected chi connectivity index (χ0v) is 75.3. The van der Waals surface area contributed by atoms with Crippen LogP contribution in [0.25, 0.3) is 115 Å². The number of rotatable bonds is 6. The van der Waals surface area contributed by atoms with Crippen LogP contribution in [0.4, 0.5) is 21.5 Å². The standard InChI is InChI=1S/C24H19N.C22H14BrN.C16H12BrN.C16H10BrN.C10H9BrO.C6H5I.C6H8N2.C2H6O.CH3F.5CH4.2ClH.H2/c1-3-7-19(8-4-1)21-11-15-23(16-12-21)25-24-17-13-22(14-18-24)20-9-5-2-6-10-20;23-16-11-13-18-15(14-16)10-12-20-19-8-4-5-9-21(19)24(22(18)20)17-6-2-1-3-7-17;2*17-11-6-8-12-10(9-11)5-7-14-13-3-1-2-4-15(13)18-16(12)14;11-8-4-5-9-7(6-8)2-1-3-10(9)12;7-6-4-2-1-3-5-6;7-8-6-4-2-1-3-5-6;1-2-3;1-2;;;;;;;;/h1-18,25H;1-14H;1-4,6,8-9,18H,5,7H2;1-9,18H;4-6H,1-3H2;1-5H;1-5,8H,7H2;3H,2H2,1H3;1H3;5*1H4;3*1H/i;;;;;;;;1D;;;;;;;;1+1D. The molecule has 21 rings (SSSR count). The SMILES string of the molecule is Brc1ccc2c(c1)CCc1c-2[nH]c2ccccc12.Brc1ccc2c(ccc3c4ccccc4[nH]c23)c1.Brc1ccc2c(ccc3c4ccccc4n(-c4ccccc4)c23)c1.C.C.C.C.C.CCO.Cl.Cl.Ic1ccccc1.NNc1ccccc1.O=C1CCCc2cc(Br)ccc21.[2H]CF.[2H][2H].c1ccc(-c2ccc(Nc3ccc(-c4ccccc4)cc3)cc2)cc1. The van der Waals surface area contributed by atoms with Crippen molar-refractivity contribution in [1.29, 1.82) is 0 Å². The van der Waals surface area contributed by atoms with Crippen molar-refractivity contribution >= 4 is 210 Å². The first-order chi connectivity index (χ1) is 58.8. The van der Waals surface area contributed by atoms with E-state index < -0.39 is 7.15 Å². The molecule has 16 heteroatoms. The van der Waals surface area contributed by atoms with Crippen LogP contribution in [-0.2, 0) is 19.3 Å². The number of benzene rings is 16. The fourth-order valence-corrected chi connectivity index (χ4v) is 16.7. The lowest BCUT2D eigenvalue weighted by Crippen LogP contribution is -2.10. The van der Waals surface area contributed by atoms with Crippen molar-refractivity contribution in [3.8, 4) is 39.2 Å². The van der Waals surface area contributed by atoms with Gasteiger partial charge < -0.3 is 30.4 Å². The first-order valence-corrected chi connectivity index (χ1v) is 42.8. The number of aromatic amines is 2. The summed E-state index contributed by atoms with van der Waals surface area (Å²) in [6, 6.07) is 128. The third-order valence-corrected chi connectivity index (χ3v) is 22.7. The Morgan fingerprint density at radius 2 is 0.847 bits per heavy atom. The molecular formula is C108H110Br4Cl2FIN6O2. The number of nitrogens with two attached hydrogens (primary N) is 1. The number of carbonyl (C=O) groups excluding carboxylic acids is 1. The number of para-hydroxylation sites is 5. The van der Waals surface area contributed by atoms with Gasteiger partial charge in [0.15, 0.2) is 5.78 Å². The van der Waals surface area contributed by atoms with E-state index in [4.69, 9.17) is 15.3 Å². The minimum atomic E-state index is -1.00. The number of aliphatic hydroxyl groups excluding tert-OH is 1. The smallest absolute Gasteiger partial charge is 0.163 e. The maximum Gasteiger partial charge on any atom is 0.163 e. The highest BCUT2D eigenvalue weighted by Crippen LogP contribution is 2.41. The van der Waals surface area contributed by atoms with Gasteiger partial charge in [0.05, 0.1) is 25.1 Å². The van der Waals surface area contributed by atoms with Crippen molar-refractivity contribution in [2.45, 2.75) is 76.2 Å². The van der Waals surface area contributed by atoms with Crippen LogP contribution in [0.15, 0.2) is 388 Å². The molecule has 124 heavy (non-hydrogen) atoms. The van der Waals surface area contributed by atoms with Gasteiger partial charge in [0, 0.05) is 126 Å². The van der Waals surface area contributed by atoms with Gasteiger partial charge in [-0.25, -0.2) is 0 Å². The summed E-state index contributed by atoms with van der Waals surface area (Å²) in [5.41, 5.74) is 25.6. The molecule has 0 atom stereocenters. The number of aromatic nitrogens is 3. The second-order valence-electron chi connectivity index (χ2n) is 27.6. The minimum Gasteiger partial charge on any atom is -0.397 e. The third-order valence-electron chi connectivity index (χ3n) is 20.0. The molecule has 16 aromatic carbocycles. The molecule has 0 unspecified atom stereocenters. The van der Waals surface area contributed by atoms with E-state index >= 15 is 0 Å². The van der Waals surface area contributed by atoms with Crippen molar-refractivity contribution in [3.05, 3.63) is 414 Å². The molecule has 8 nitrogen and oxygen atoms in total. The van der Waals surface area contributed by atoms with Crippen molar-refractivity contribution in [3.63, 3.8) is 0 Å². The molecule has 3 heterocycles. The van der Waals surface area contributed by atoms with Crippen LogP contribution < -0.4 is 16.6 Å². The number of Topliss-reactive ketones (excluding diaryl/α,β-unsaturated/α-hetero) is 1. The lowest BCUT2D eigenvalue weighted by Gasteiger charge is -2.16. The highest BCUT2D eigenvalue weighted by atomic mass is 127. The molecule has 19 aromatic rings. The molecule has 0 aliphatic heterocycles. The third kappa shape index (κ3) is 25.9. The number of nitrogens with one attached hydrogen (secondary N) is 4. The highest BCUT2D eigenvalue weighted by molar-refractivity contribution is 14.1. The van der Waals surface area contributed by atoms with Gasteiger partial charge in [-0.15, -0.1) is 24.8 Å². The number of alkyl halides is 1. The predicted octanol–water partition coefficient (Wildman–Crippen LogP) is 34.5.